The van der Waals surface area contributed by atoms with Gasteiger partial charge in [0.25, 0.3) is 5.91 Å². The van der Waals surface area contributed by atoms with Crippen molar-refractivity contribution in [2.24, 2.45) is 4.99 Å². The summed E-state index contributed by atoms with van der Waals surface area (Å²) in [4.78, 5) is 28.9. The molecule has 1 aromatic carbocycles. The quantitative estimate of drug-likeness (QED) is 0.862. The van der Waals surface area contributed by atoms with Crippen molar-refractivity contribution in [2.75, 3.05) is 32.7 Å². The van der Waals surface area contributed by atoms with Crippen LogP contribution >= 0.6 is 11.8 Å². The van der Waals surface area contributed by atoms with Crippen LogP contribution in [0, 0.1) is 0 Å². The summed E-state index contributed by atoms with van der Waals surface area (Å²) in [5, 5.41) is 1.13. The number of imidazole rings is 1. The first kappa shape index (κ1) is 15.5. The minimum Gasteiger partial charge on any atom is -0.348 e. The van der Waals surface area contributed by atoms with Gasteiger partial charge >= 0.3 is 0 Å². The smallest absolute Gasteiger partial charge is 0.254 e. The van der Waals surface area contributed by atoms with E-state index in [1.54, 1.807) is 6.33 Å². The van der Waals surface area contributed by atoms with Crippen LogP contribution in [0.3, 0.4) is 0 Å². The number of carbonyl (C=O) groups excluding carboxylic acids is 1. The maximum atomic E-state index is 12.7. The summed E-state index contributed by atoms with van der Waals surface area (Å²) in [5.74, 6) is 0.0903. The normalized spacial score (nSPS) is 20.5. The lowest BCUT2D eigenvalue weighted by Gasteiger charge is -2.36. The van der Waals surface area contributed by atoms with Gasteiger partial charge in [-0.3, -0.25) is 9.79 Å². The molecule has 1 N–H and O–H groups in total. The third kappa shape index (κ3) is 2.88. The molecule has 3 heterocycles. The van der Waals surface area contributed by atoms with E-state index in [0.717, 1.165) is 48.9 Å². The van der Waals surface area contributed by atoms with Crippen molar-refractivity contribution in [2.45, 2.75) is 18.6 Å². The molecular formula is C17H21N5OS. The van der Waals surface area contributed by atoms with Crippen LogP contribution in [0.5, 0.6) is 0 Å². The van der Waals surface area contributed by atoms with Crippen molar-refractivity contribution in [3.63, 3.8) is 0 Å². The second kappa shape index (κ2) is 5.81. The molecule has 24 heavy (non-hydrogen) atoms. The van der Waals surface area contributed by atoms with Crippen molar-refractivity contribution in [1.29, 1.82) is 0 Å². The molecule has 126 valence electrons. The summed E-state index contributed by atoms with van der Waals surface area (Å²) in [6.45, 7) is 8.48. The number of amides is 1. The number of nitrogens with zero attached hydrogens (tertiary/aromatic N) is 4. The lowest BCUT2D eigenvalue weighted by molar-refractivity contribution is 0.0694. The van der Waals surface area contributed by atoms with E-state index >= 15 is 0 Å². The Balaban J connectivity index is 1.41. The largest absolute Gasteiger partial charge is 0.348 e. The number of piperazine rings is 1. The molecule has 1 saturated heterocycles. The van der Waals surface area contributed by atoms with Crippen molar-refractivity contribution in [3.05, 3.63) is 30.1 Å². The molecule has 1 aromatic heterocycles. The van der Waals surface area contributed by atoms with Gasteiger partial charge in [-0.05, 0) is 32.0 Å². The van der Waals surface area contributed by atoms with Gasteiger partial charge in [0.05, 0.1) is 23.9 Å². The van der Waals surface area contributed by atoms with Gasteiger partial charge in [-0.25, -0.2) is 4.98 Å². The van der Waals surface area contributed by atoms with Crippen LogP contribution in [0.15, 0.2) is 29.5 Å². The molecule has 0 spiro atoms. The maximum Gasteiger partial charge on any atom is 0.254 e. The predicted molar refractivity (Wildman–Crippen MR) is 97.5 cm³/mol. The third-order valence-corrected chi connectivity index (χ3v) is 5.72. The molecule has 0 aliphatic carbocycles. The van der Waals surface area contributed by atoms with Crippen molar-refractivity contribution in [1.82, 2.24) is 19.8 Å². The molecule has 7 heteroatoms. The van der Waals surface area contributed by atoms with Gasteiger partial charge in [0.15, 0.2) is 5.17 Å². The monoisotopic (exact) mass is 343 g/mol. The number of nitrogens with one attached hydrogen (secondary N) is 1. The number of rotatable bonds is 1. The Morgan fingerprint density at radius 2 is 2.04 bits per heavy atom. The second-order valence-electron chi connectivity index (χ2n) is 6.87. The number of amidine groups is 1. The molecule has 0 unspecified atom stereocenters. The standard InChI is InChI=1S/C17H21N5OS/c1-17(2)10-18-16(24-17)22-7-5-21(6-8-22)15(23)12-3-4-13-14(9-12)20-11-19-13/h3-4,9,11H,5-8,10H2,1-2H3,(H,19,20). The number of hydrogen-bond donors (Lipinski definition) is 1. The fourth-order valence-corrected chi connectivity index (χ4v) is 4.15. The molecule has 6 nitrogen and oxygen atoms in total. The number of carbonyl (C=O) groups is 1. The molecular weight excluding hydrogens is 322 g/mol. The van der Waals surface area contributed by atoms with E-state index in [9.17, 15) is 4.79 Å². The molecule has 2 aromatic rings. The first-order valence-electron chi connectivity index (χ1n) is 8.23. The zero-order chi connectivity index (χ0) is 16.7. The van der Waals surface area contributed by atoms with Crippen molar-refractivity contribution >= 4 is 33.9 Å². The Bertz CT molecular complexity index is 804. The van der Waals surface area contributed by atoms with Crippen LogP contribution in [0.2, 0.25) is 0 Å². The van der Waals surface area contributed by atoms with Gasteiger partial charge in [-0.15, -0.1) is 0 Å². The van der Waals surface area contributed by atoms with Crippen LogP contribution in [-0.4, -0.2) is 68.3 Å². The third-order valence-electron chi connectivity index (χ3n) is 4.47. The number of fused-ring (bicyclic) bond motifs is 1. The van der Waals surface area contributed by atoms with Gasteiger partial charge in [0.2, 0.25) is 0 Å². The lowest BCUT2D eigenvalue weighted by atomic mass is 10.1. The van der Waals surface area contributed by atoms with E-state index in [4.69, 9.17) is 0 Å². The Hall–Kier alpha value is -2.02. The Kier molecular flexibility index (Phi) is 3.75. The topological polar surface area (TPSA) is 64.6 Å². The number of H-pyrrole nitrogens is 1. The summed E-state index contributed by atoms with van der Waals surface area (Å²) in [6.07, 6.45) is 1.65. The van der Waals surface area contributed by atoms with Gasteiger partial charge < -0.3 is 14.8 Å². The van der Waals surface area contributed by atoms with Gasteiger partial charge in [0.1, 0.15) is 0 Å². The number of thioether (sulfide) groups is 1. The molecule has 0 saturated carbocycles. The highest BCUT2D eigenvalue weighted by atomic mass is 32.2. The Morgan fingerprint density at radius 3 is 2.75 bits per heavy atom. The Labute approximate surface area is 145 Å². The van der Waals surface area contributed by atoms with Gasteiger partial charge in [0, 0.05) is 36.5 Å². The van der Waals surface area contributed by atoms with Crippen molar-refractivity contribution < 1.29 is 4.79 Å². The van der Waals surface area contributed by atoms with E-state index in [1.165, 1.54) is 0 Å². The van der Waals surface area contributed by atoms with Crippen LogP contribution in [0.4, 0.5) is 0 Å². The van der Waals surface area contributed by atoms with E-state index < -0.39 is 0 Å². The highest BCUT2D eigenvalue weighted by molar-refractivity contribution is 8.15. The average Bonchev–Trinajstić information content (AvgIpc) is 3.19. The SMILES string of the molecule is CC1(C)CN=C(N2CCN(C(=O)c3ccc4nc[nH]c4c3)CC2)S1. The summed E-state index contributed by atoms with van der Waals surface area (Å²) < 4.78 is 0.196. The summed E-state index contributed by atoms with van der Waals surface area (Å²) >= 11 is 1.84. The zero-order valence-corrected chi connectivity index (χ0v) is 14.8. The van der Waals surface area contributed by atoms with E-state index in [1.807, 2.05) is 34.9 Å². The summed E-state index contributed by atoms with van der Waals surface area (Å²) in [6, 6.07) is 5.63. The van der Waals surface area contributed by atoms with Gasteiger partial charge in [-0.2, -0.15) is 0 Å². The summed E-state index contributed by atoms with van der Waals surface area (Å²) in [5.41, 5.74) is 2.50. The van der Waals surface area contributed by atoms with Crippen LogP contribution in [-0.2, 0) is 0 Å². The second-order valence-corrected chi connectivity index (χ2v) is 8.55. The summed E-state index contributed by atoms with van der Waals surface area (Å²) in [7, 11) is 0. The number of hydrogen-bond acceptors (Lipinski definition) is 5. The van der Waals surface area contributed by atoms with Crippen LogP contribution in [0.25, 0.3) is 11.0 Å². The Morgan fingerprint density at radius 1 is 1.25 bits per heavy atom. The van der Waals surface area contributed by atoms with Crippen molar-refractivity contribution in [3.8, 4) is 0 Å². The zero-order valence-electron chi connectivity index (χ0n) is 14.0. The minimum atomic E-state index is 0.0903. The number of aromatic nitrogens is 2. The lowest BCUT2D eigenvalue weighted by Crippen LogP contribution is -2.50. The molecule has 1 fully saturated rings. The van der Waals surface area contributed by atoms with E-state index in [-0.39, 0.29) is 10.7 Å². The van der Waals surface area contributed by atoms with E-state index in [0.29, 0.717) is 5.56 Å². The highest BCUT2D eigenvalue weighted by Crippen LogP contribution is 2.33. The fourth-order valence-electron chi connectivity index (χ4n) is 3.09. The first-order chi connectivity index (χ1) is 11.5. The fraction of sp³-hybridized carbons (Fsp3) is 0.471. The van der Waals surface area contributed by atoms with Crippen LogP contribution in [0.1, 0.15) is 24.2 Å². The van der Waals surface area contributed by atoms with Gasteiger partial charge in [-0.1, -0.05) is 11.8 Å². The molecule has 2 aliphatic rings. The molecule has 4 rings (SSSR count). The molecule has 0 bridgehead atoms. The number of aliphatic imine (C=N–C) groups is 1. The molecule has 1 amide bonds. The molecule has 0 radical (unpaired) electrons. The maximum absolute atomic E-state index is 12.7. The molecule has 0 atom stereocenters. The highest BCUT2D eigenvalue weighted by Gasteiger charge is 2.32. The predicted octanol–water partition coefficient (Wildman–Crippen LogP) is 2.20. The first-order valence-corrected chi connectivity index (χ1v) is 9.04. The van der Waals surface area contributed by atoms with E-state index in [2.05, 4.69) is 33.7 Å². The van der Waals surface area contributed by atoms with Crippen LogP contribution < -0.4 is 0 Å². The minimum absolute atomic E-state index is 0.0903. The number of aromatic amines is 1. The molecule has 2 aliphatic heterocycles. The number of benzene rings is 1. The average molecular weight is 343 g/mol.